The minimum Gasteiger partial charge on any atom is -0.394 e. The molecule has 1 aromatic heterocycles. The molecule has 1 aliphatic rings. The Kier molecular flexibility index (Phi) is 3.13. The highest BCUT2D eigenvalue weighted by molar-refractivity contribution is 5.91. The lowest BCUT2D eigenvalue weighted by molar-refractivity contribution is 0.0728. The first-order valence-corrected chi connectivity index (χ1v) is 6.19. The van der Waals surface area contributed by atoms with E-state index in [0.29, 0.717) is 13.2 Å². The predicted octanol–water partition coefficient (Wildman–Crippen LogP) is 1.43. The normalized spacial score (nSPS) is 20.3. The number of rotatable bonds is 2. The Labute approximate surface area is 106 Å². The van der Waals surface area contributed by atoms with E-state index in [4.69, 9.17) is 4.74 Å². The van der Waals surface area contributed by atoms with Crippen LogP contribution in [-0.4, -0.2) is 42.5 Å². The largest absolute Gasteiger partial charge is 0.394 e. The molecule has 2 heterocycles. The van der Waals surface area contributed by atoms with Crippen LogP contribution >= 0.6 is 0 Å². The summed E-state index contributed by atoms with van der Waals surface area (Å²) in [7, 11) is 0. The number of ether oxygens (including phenoxy) is 1. The van der Waals surface area contributed by atoms with Gasteiger partial charge in [-0.15, -0.1) is 0 Å². The number of pyridine rings is 1. The van der Waals surface area contributed by atoms with Gasteiger partial charge in [0.25, 0.3) is 0 Å². The Balaban J connectivity index is 2.07. The predicted molar refractivity (Wildman–Crippen MR) is 70.8 cm³/mol. The van der Waals surface area contributed by atoms with Gasteiger partial charge in [0, 0.05) is 23.8 Å². The van der Waals surface area contributed by atoms with Crippen molar-refractivity contribution in [1.29, 1.82) is 0 Å². The fraction of sp³-hybridized carbons (Fsp3) is 0.357. The van der Waals surface area contributed by atoms with Crippen LogP contribution < -0.4 is 4.90 Å². The van der Waals surface area contributed by atoms with Gasteiger partial charge >= 0.3 is 0 Å². The zero-order valence-electron chi connectivity index (χ0n) is 10.1. The maximum atomic E-state index is 9.46. The third-order valence-electron chi connectivity index (χ3n) is 3.37. The molecular weight excluding hydrogens is 228 g/mol. The number of nitrogens with zero attached hydrogens (tertiary/aromatic N) is 2. The summed E-state index contributed by atoms with van der Waals surface area (Å²) in [5, 5.41) is 10.6. The molecule has 0 aliphatic carbocycles. The van der Waals surface area contributed by atoms with Gasteiger partial charge in [-0.2, -0.15) is 0 Å². The molecule has 0 amide bonds. The Morgan fingerprint density at radius 3 is 3.11 bits per heavy atom. The van der Waals surface area contributed by atoms with Gasteiger partial charge in [-0.05, 0) is 12.1 Å². The summed E-state index contributed by atoms with van der Waals surface area (Å²) in [5.74, 6) is 0. The van der Waals surface area contributed by atoms with Crippen LogP contribution in [0.25, 0.3) is 10.9 Å². The van der Waals surface area contributed by atoms with Gasteiger partial charge in [0.05, 0.1) is 31.4 Å². The van der Waals surface area contributed by atoms with E-state index in [1.54, 1.807) is 0 Å². The average Bonchev–Trinajstić information content (AvgIpc) is 2.46. The fourth-order valence-corrected chi connectivity index (χ4v) is 2.45. The third kappa shape index (κ3) is 1.94. The van der Waals surface area contributed by atoms with Crippen LogP contribution in [-0.2, 0) is 4.74 Å². The molecule has 1 aromatic carbocycles. The van der Waals surface area contributed by atoms with Crippen molar-refractivity contribution in [2.75, 3.05) is 31.3 Å². The van der Waals surface area contributed by atoms with Crippen molar-refractivity contribution >= 4 is 16.6 Å². The Bertz CT molecular complexity index is 539. The Hall–Kier alpha value is -1.65. The van der Waals surface area contributed by atoms with Crippen LogP contribution in [0, 0.1) is 0 Å². The van der Waals surface area contributed by atoms with Crippen molar-refractivity contribution in [3.05, 3.63) is 36.5 Å². The molecule has 0 spiro atoms. The van der Waals surface area contributed by atoms with Crippen LogP contribution in [0.5, 0.6) is 0 Å². The van der Waals surface area contributed by atoms with E-state index in [2.05, 4.69) is 16.0 Å². The smallest absolute Gasteiger partial charge is 0.0755 e. The van der Waals surface area contributed by atoms with E-state index in [0.717, 1.165) is 23.1 Å². The molecule has 1 unspecified atom stereocenters. The average molecular weight is 244 g/mol. The first-order valence-electron chi connectivity index (χ1n) is 6.19. The molecule has 0 bridgehead atoms. The molecule has 4 nitrogen and oxygen atoms in total. The van der Waals surface area contributed by atoms with Crippen molar-refractivity contribution in [2.24, 2.45) is 0 Å². The topological polar surface area (TPSA) is 45.6 Å². The zero-order chi connectivity index (χ0) is 12.4. The van der Waals surface area contributed by atoms with Crippen molar-refractivity contribution < 1.29 is 9.84 Å². The van der Waals surface area contributed by atoms with E-state index < -0.39 is 0 Å². The van der Waals surface area contributed by atoms with Crippen molar-refractivity contribution in [1.82, 2.24) is 4.98 Å². The molecule has 0 radical (unpaired) electrons. The first kappa shape index (κ1) is 11.4. The summed E-state index contributed by atoms with van der Waals surface area (Å²) in [6.07, 6.45) is 1.82. The summed E-state index contributed by atoms with van der Waals surface area (Å²) in [4.78, 5) is 6.58. The molecular formula is C14H16N2O2. The minimum absolute atomic E-state index is 0.0320. The van der Waals surface area contributed by atoms with Gasteiger partial charge in [0.2, 0.25) is 0 Å². The number of fused-ring (bicyclic) bond motifs is 1. The summed E-state index contributed by atoms with van der Waals surface area (Å²) in [6.45, 7) is 2.19. The van der Waals surface area contributed by atoms with Gasteiger partial charge in [-0.1, -0.05) is 18.2 Å². The minimum atomic E-state index is 0.0320. The summed E-state index contributed by atoms with van der Waals surface area (Å²) < 4.78 is 5.42. The maximum absolute atomic E-state index is 9.46. The zero-order valence-corrected chi connectivity index (χ0v) is 10.1. The number of para-hydroxylation sites is 1. The van der Waals surface area contributed by atoms with Gasteiger partial charge in [0.1, 0.15) is 0 Å². The number of hydrogen-bond donors (Lipinski definition) is 1. The van der Waals surface area contributed by atoms with Crippen molar-refractivity contribution in [3.63, 3.8) is 0 Å². The molecule has 18 heavy (non-hydrogen) atoms. The molecule has 4 heteroatoms. The second-order valence-electron chi connectivity index (χ2n) is 4.45. The maximum Gasteiger partial charge on any atom is 0.0755 e. The molecule has 0 saturated carbocycles. The molecule has 3 rings (SSSR count). The summed E-state index contributed by atoms with van der Waals surface area (Å²) in [6, 6.07) is 10.1. The van der Waals surface area contributed by atoms with Crippen LogP contribution in [0.15, 0.2) is 36.5 Å². The number of hydrogen-bond acceptors (Lipinski definition) is 4. The Morgan fingerprint density at radius 2 is 2.22 bits per heavy atom. The van der Waals surface area contributed by atoms with Crippen LogP contribution in [0.2, 0.25) is 0 Å². The number of aliphatic hydroxyl groups excluding tert-OH is 1. The Morgan fingerprint density at radius 1 is 1.33 bits per heavy atom. The standard InChI is InChI=1S/C14H16N2O2/c17-9-11-10-18-8-7-16(11)14-5-6-15-13-4-2-1-3-12(13)14/h1-6,11,17H,7-10H2. The summed E-state index contributed by atoms with van der Waals surface area (Å²) >= 11 is 0. The number of anilines is 1. The molecule has 1 N–H and O–H groups in total. The second kappa shape index (κ2) is 4.92. The SMILES string of the molecule is OCC1COCCN1c1ccnc2ccccc12. The fourth-order valence-electron chi connectivity index (χ4n) is 2.45. The monoisotopic (exact) mass is 244 g/mol. The lowest BCUT2D eigenvalue weighted by Gasteiger charge is -2.36. The molecule has 94 valence electrons. The van der Waals surface area contributed by atoms with Crippen molar-refractivity contribution in [3.8, 4) is 0 Å². The van der Waals surface area contributed by atoms with E-state index >= 15 is 0 Å². The second-order valence-corrected chi connectivity index (χ2v) is 4.45. The molecule has 1 aliphatic heterocycles. The van der Waals surface area contributed by atoms with Gasteiger partial charge in [-0.25, -0.2) is 0 Å². The highest BCUT2D eigenvalue weighted by Gasteiger charge is 2.23. The van der Waals surface area contributed by atoms with Gasteiger partial charge < -0.3 is 14.7 Å². The van der Waals surface area contributed by atoms with E-state index in [9.17, 15) is 5.11 Å². The van der Waals surface area contributed by atoms with Crippen molar-refractivity contribution in [2.45, 2.75) is 6.04 Å². The third-order valence-corrected chi connectivity index (χ3v) is 3.37. The number of morpholine rings is 1. The molecule has 1 atom stereocenters. The van der Waals surface area contributed by atoms with E-state index in [1.165, 1.54) is 0 Å². The first-order chi connectivity index (χ1) is 8.90. The van der Waals surface area contributed by atoms with Gasteiger partial charge in [0.15, 0.2) is 0 Å². The quantitative estimate of drug-likeness (QED) is 0.868. The molecule has 1 fully saturated rings. The van der Waals surface area contributed by atoms with Crippen LogP contribution in [0.3, 0.4) is 0 Å². The molecule has 1 saturated heterocycles. The number of benzene rings is 1. The van der Waals surface area contributed by atoms with E-state index in [-0.39, 0.29) is 12.6 Å². The van der Waals surface area contributed by atoms with Gasteiger partial charge in [-0.3, -0.25) is 4.98 Å². The number of aliphatic hydroxyl groups is 1. The highest BCUT2D eigenvalue weighted by Crippen LogP contribution is 2.27. The van der Waals surface area contributed by atoms with Crippen LogP contribution in [0.1, 0.15) is 0 Å². The highest BCUT2D eigenvalue weighted by atomic mass is 16.5. The summed E-state index contributed by atoms with van der Waals surface area (Å²) in [5.41, 5.74) is 2.11. The van der Waals surface area contributed by atoms with Crippen LogP contribution in [0.4, 0.5) is 5.69 Å². The molecule has 2 aromatic rings. The number of aromatic nitrogens is 1. The lowest BCUT2D eigenvalue weighted by Crippen LogP contribution is -2.47. The van der Waals surface area contributed by atoms with E-state index in [1.807, 2.05) is 30.5 Å². The lowest BCUT2D eigenvalue weighted by atomic mass is 10.1.